The van der Waals surface area contributed by atoms with E-state index < -0.39 is 0 Å². The van der Waals surface area contributed by atoms with Crippen molar-refractivity contribution in [3.63, 3.8) is 0 Å². The van der Waals surface area contributed by atoms with E-state index in [2.05, 4.69) is 13.8 Å². The largest absolute Gasteiger partial charge is 0.459 e. The number of rotatable bonds is 0. The van der Waals surface area contributed by atoms with Gasteiger partial charge < -0.3 is 4.74 Å². The van der Waals surface area contributed by atoms with E-state index in [0.717, 1.165) is 38.0 Å². The molecule has 1 saturated heterocycles. The molecule has 0 amide bonds. The second-order valence-electron chi connectivity index (χ2n) is 8.76. The highest BCUT2D eigenvalue weighted by molar-refractivity contribution is 5.79. The predicted octanol–water partition coefficient (Wildman–Crippen LogP) is 3.89. The number of esters is 1. The maximum absolute atomic E-state index is 11.9. The molecule has 0 N–H and O–H groups in total. The Hall–Kier alpha value is -0.860. The fraction of sp³-hybridized carbons (Fsp3) is 0.895. The maximum Gasteiger partial charge on any atom is 0.306 e. The van der Waals surface area contributed by atoms with Gasteiger partial charge in [0.2, 0.25) is 0 Å². The van der Waals surface area contributed by atoms with E-state index in [1.165, 1.54) is 19.3 Å². The molecule has 3 aliphatic carbocycles. The lowest BCUT2D eigenvalue weighted by Gasteiger charge is -2.61. The van der Waals surface area contributed by atoms with Crippen LogP contribution in [0.1, 0.15) is 71.6 Å². The molecule has 6 atom stereocenters. The van der Waals surface area contributed by atoms with E-state index in [4.69, 9.17) is 4.74 Å². The van der Waals surface area contributed by atoms with Crippen molar-refractivity contribution in [1.29, 1.82) is 0 Å². The van der Waals surface area contributed by atoms with Gasteiger partial charge in [-0.2, -0.15) is 0 Å². The lowest BCUT2D eigenvalue weighted by atomic mass is 9.46. The zero-order chi connectivity index (χ0) is 15.5. The van der Waals surface area contributed by atoms with Crippen LogP contribution in [0, 0.1) is 29.1 Å². The van der Waals surface area contributed by atoms with Crippen LogP contribution in [0.25, 0.3) is 0 Å². The van der Waals surface area contributed by atoms with Gasteiger partial charge in [-0.05, 0) is 68.6 Å². The number of hydrogen-bond acceptors (Lipinski definition) is 3. The molecule has 122 valence electrons. The fourth-order valence-corrected chi connectivity index (χ4v) is 6.56. The minimum Gasteiger partial charge on any atom is -0.459 e. The second kappa shape index (κ2) is 4.82. The van der Waals surface area contributed by atoms with Crippen LogP contribution in [-0.2, 0) is 14.3 Å². The molecule has 0 aromatic heterocycles. The molecule has 0 bridgehead atoms. The van der Waals surface area contributed by atoms with Gasteiger partial charge in [-0.3, -0.25) is 9.59 Å². The Morgan fingerprint density at radius 3 is 2.59 bits per heavy atom. The normalized spacial score (nSPS) is 51.4. The van der Waals surface area contributed by atoms with Crippen molar-refractivity contribution in [2.75, 3.05) is 0 Å². The first-order valence-corrected chi connectivity index (χ1v) is 9.16. The van der Waals surface area contributed by atoms with E-state index in [-0.39, 0.29) is 11.6 Å². The smallest absolute Gasteiger partial charge is 0.306 e. The summed E-state index contributed by atoms with van der Waals surface area (Å²) in [6, 6.07) is 0. The van der Waals surface area contributed by atoms with Crippen LogP contribution in [0.4, 0.5) is 0 Å². The Kier molecular flexibility index (Phi) is 3.22. The molecule has 0 radical (unpaired) electrons. The molecule has 22 heavy (non-hydrogen) atoms. The number of hydrogen-bond donors (Lipinski definition) is 0. The molecule has 4 fully saturated rings. The predicted molar refractivity (Wildman–Crippen MR) is 83.1 cm³/mol. The quantitative estimate of drug-likeness (QED) is 0.638. The maximum atomic E-state index is 11.9. The van der Waals surface area contributed by atoms with Crippen LogP contribution in [-0.4, -0.2) is 17.4 Å². The van der Waals surface area contributed by atoms with Crippen molar-refractivity contribution in [3.8, 4) is 0 Å². The summed E-state index contributed by atoms with van der Waals surface area (Å²) in [6.07, 6.45) is 8.91. The molecule has 3 heteroatoms. The molecule has 0 aromatic rings. The van der Waals surface area contributed by atoms with E-state index in [0.29, 0.717) is 35.4 Å². The van der Waals surface area contributed by atoms with E-state index >= 15 is 0 Å². The van der Waals surface area contributed by atoms with Gasteiger partial charge in [-0.1, -0.05) is 6.92 Å². The summed E-state index contributed by atoms with van der Waals surface area (Å²) in [5.41, 5.74) is 0.129. The van der Waals surface area contributed by atoms with Crippen LogP contribution in [0.3, 0.4) is 0 Å². The van der Waals surface area contributed by atoms with Crippen LogP contribution < -0.4 is 0 Å². The number of carbonyl (C=O) groups excluding carboxylic acids is 2. The van der Waals surface area contributed by atoms with Crippen molar-refractivity contribution < 1.29 is 14.3 Å². The highest BCUT2D eigenvalue weighted by Gasteiger charge is 2.58. The SMILES string of the molecule is CC12CCC3C(CCC4CC(=O)CCC43C)C1CCC(=O)O2. The summed E-state index contributed by atoms with van der Waals surface area (Å²) in [5.74, 6) is 3.05. The van der Waals surface area contributed by atoms with Crippen molar-refractivity contribution in [2.45, 2.75) is 77.2 Å². The standard InChI is InChI=1S/C19H28O3/c1-18-9-7-13(20)11-12(18)3-4-14-15(18)8-10-19(2)16(14)5-6-17(21)22-19/h12,14-16H,3-11H2,1-2H3. The van der Waals surface area contributed by atoms with Crippen molar-refractivity contribution >= 4 is 11.8 Å². The Morgan fingerprint density at radius 2 is 1.77 bits per heavy atom. The van der Waals surface area contributed by atoms with Gasteiger partial charge in [0.05, 0.1) is 0 Å². The summed E-state index contributed by atoms with van der Waals surface area (Å²) >= 11 is 0. The summed E-state index contributed by atoms with van der Waals surface area (Å²) in [6.45, 7) is 4.63. The van der Waals surface area contributed by atoms with Gasteiger partial charge in [0.25, 0.3) is 0 Å². The van der Waals surface area contributed by atoms with E-state index in [9.17, 15) is 9.59 Å². The van der Waals surface area contributed by atoms with Gasteiger partial charge >= 0.3 is 5.97 Å². The van der Waals surface area contributed by atoms with Crippen LogP contribution in [0.15, 0.2) is 0 Å². The van der Waals surface area contributed by atoms with Gasteiger partial charge in [-0.25, -0.2) is 0 Å². The van der Waals surface area contributed by atoms with Crippen molar-refractivity contribution in [1.82, 2.24) is 0 Å². The number of fused-ring (bicyclic) bond motifs is 5. The molecule has 3 nitrogen and oxygen atoms in total. The third kappa shape index (κ3) is 2.00. The molecule has 1 heterocycles. The minimum absolute atomic E-state index is 0.000334. The molecule has 0 aromatic carbocycles. The molecule has 1 aliphatic heterocycles. The average Bonchev–Trinajstić information content (AvgIpc) is 2.46. The van der Waals surface area contributed by atoms with Gasteiger partial charge in [-0.15, -0.1) is 0 Å². The van der Waals surface area contributed by atoms with Gasteiger partial charge in [0, 0.05) is 25.2 Å². The zero-order valence-electron chi connectivity index (χ0n) is 13.9. The van der Waals surface area contributed by atoms with Crippen LogP contribution >= 0.6 is 0 Å². The van der Waals surface area contributed by atoms with Gasteiger partial charge in [0.1, 0.15) is 11.4 Å². The molecule has 3 saturated carbocycles. The van der Waals surface area contributed by atoms with E-state index in [1.54, 1.807) is 0 Å². The number of carbonyl (C=O) groups is 2. The lowest BCUT2D eigenvalue weighted by Crippen LogP contribution is -2.58. The van der Waals surface area contributed by atoms with Gasteiger partial charge in [0.15, 0.2) is 0 Å². The zero-order valence-corrected chi connectivity index (χ0v) is 13.9. The van der Waals surface area contributed by atoms with E-state index in [1.807, 2.05) is 0 Å². The highest BCUT2D eigenvalue weighted by atomic mass is 16.6. The fourth-order valence-electron chi connectivity index (χ4n) is 6.56. The number of Topliss-reactive ketones (excluding diaryl/α,β-unsaturated/α-hetero) is 1. The topological polar surface area (TPSA) is 43.4 Å². The Labute approximate surface area is 133 Å². The summed E-state index contributed by atoms with van der Waals surface area (Å²) in [4.78, 5) is 23.6. The first-order valence-electron chi connectivity index (χ1n) is 9.16. The molecular formula is C19H28O3. The lowest BCUT2D eigenvalue weighted by molar-refractivity contribution is -0.202. The third-order valence-electron chi connectivity index (χ3n) is 7.82. The highest BCUT2D eigenvalue weighted by Crippen LogP contribution is 2.62. The third-order valence-corrected chi connectivity index (χ3v) is 7.82. The Bertz CT molecular complexity index is 513. The van der Waals surface area contributed by atoms with Crippen LogP contribution in [0.5, 0.6) is 0 Å². The Balaban J connectivity index is 1.62. The minimum atomic E-state index is -0.218. The summed E-state index contributed by atoms with van der Waals surface area (Å²) in [5, 5.41) is 0. The first-order chi connectivity index (χ1) is 10.4. The molecular weight excluding hydrogens is 276 g/mol. The molecule has 6 unspecified atom stereocenters. The number of ether oxygens (including phenoxy) is 1. The molecule has 4 aliphatic rings. The molecule has 4 rings (SSSR count). The second-order valence-corrected chi connectivity index (χ2v) is 8.76. The van der Waals surface area contributed by atoms with Crippen molar-refractivity contribution in [2.24, 2.45) is 29.1 Å². The number of ketones is 1. The average molecular weight is 304 g/mol. The van der Waals surface area contributed by atoms with Crippen LogP contribution in [0.2, 0.25) is 0 Å². The van der Waals surface area contributed by atoms with Crippen molar-refractivity contribution in [3.05, 3.63) is 0 Å². The molecule has 0 spiro atoms. The summed E-state index contributed by atoms with van der Waals surface area (Å²) in [7, 11) is 0. The monoisotopic (exact) mass is 304 g/mol. The Morgan fingerprint density at radius 1 is 0.955 bits per heavy atom. The summed E-state index contributed by atoms with van der Waals surface area (Å²) < 4.78 is 5.82. The first kappa shape index (κ1) is 14.7.